The van der Waals surface area contributed by atoms with E-state index >= 15 is 0 Å². The highest BCUT2D eigenvalue weighted by atomic mass is 28.3. The number of carbonyl (C=O) groups is 1. The van der Waals surface area contributed by atoms with E-state index in [0.29, 0.717) is 18.8 Å². The van der Waals surface area contributed by atoms with E-state index in [9.17, 15) is 15.0 Å². The SMILES string of the molecule is CCCCCCCC(/C=C(/O[SiH](C)C)C1CCCC(O)(CC(=O)O)C1)C(C)(C)C. The van der Waals surface area contributed by atoms with Gasteiger partial charge in [0.25, 0.3) is 0 Å². The zero-order chi connectivity index (χ0) is 22.1. The van der Waals surface area contributed by atoms with Crippen LogP contribution in [0.4, 0.5) is 0 Å². The van der Waals surface area contributed by atoms with Crippen molar-refractivity contribution in [1.82, 2.24) is 0 Å². The van der Waals surface area contributed by atoms with Crippen LogP contribution in [-0.4, -0.2) is 30.8 Å². The van der Waals surface area contributed by atoms with Gasteiger partial charge < -0.3 is 14.6 Å². The molecule has 0 aliphatic heterocycles. The molecule has 0 heterocycles. The Hall–Kier alpha value is -0.813. The Morgan fingerprint density at radius 3 is 2.45 bits per heavy atom. The van der Waals surface area contributed by atoms with Crippen LogP contribution in [0.2, 0.25) is 13.1 Å². The molecule has 0 saturated heterocycles. The van der Waals surface area contributed by atoms with E-state index in [1.165, 1.54) is 32.1 Å². The summed E-state index contributed by atoms with van der Waals surface area (Å²) >= 11 is 0. The van der Waals surface area contributed by atoms with Gasteiger partial charge in [0.2, 0.25) is 9.04 Å². The number of allylic oxidation sites excluding steroid dienone is 2. The van der Waals surface area contributed by atoms with Crippen LogP contribution >= 0.6 is 0 Å². The fourth-order valence-electron chi connectivity index (χ4n) is 4.50. The van der Waals surface area contributed by atoms with Crippen LogP contribution in [0.3, 0.4) is 0 Å². The second-order valence-corrected chi connectivity index (χ2v) is 12.8. The minimum atomic E-state index is -1.29. The summed E-state index contributed by atoms with van der Waals surface area (Å²) in [6.07, 6.45) is 12.6. The second kappa shape index (κ2) is 12.1. The maximum Gasteiger partial charge on any atom is 0.306 e. The molecule has 1 rings (SSSR count). The first-order valence-electron chi connectivity index (χ1n) is 11.8. The van der Waals surface area contributed by atoms with Gasteiger partial charge in [0, 0.05) is 5.92 Å². The van der Waals surface area contributed by atoms with E-state index in [-0.39, 0.29) is 17.8 Å². The number of hydrogen-bond donors (Lipinski definition) is 2. The first kappa shape index (κ1) is 26.2. The minimum Gasteiger partial charge on any atom is -0.550 e. The van der Waals surface area contributed by atoms with Crippen molar-refractivity contribution in [2.24, 2.45) is 17.3 Å². The van der Waals surface area contributed by atoms with Gasteiger partial charge in [-0.3, -0.25) is 4.79 Å². The van der Waals surface area contributed by atoms with Crippen molar-refractivity contribution in [3.63, 3.8) is 0 Å². The molecule has 0 bridgehead atoms. The first-order chi connectivity index (χ1) is 13.5. The highest BCUT2D eigenvalue weighted by Crippen LogP contribution is 2.41. The number of aliphatic carboxylic acids is 1. The Labute approximate surface area is 180 Å². The Bertz CT molecular complexity index is 523. The average Bonchev–Trinajstić information content (AvgIpc) is 2.57. The molecule has 29 heavy (non-hydrogen) atoms. The van der Waals surface area contributed by atoms with Crippen LogP contribution in [0, 0.1) is 17.3 Å². The van der Waals surface area contributed by atoms with Crippen molar-refractivity contribution in [3.05, 3.63) is 11.8 Å². The molecule has 3 atom stereocenters. The molecule has 0 radical (unpaired) electrons. The van der Waals surface area contributed by atoms with Crippen LogP contribution in [0.15, 0.2) is 11.8 Å². The summed E-state index contributed by atoms with van der Waals surface area (Å²) < 4.78 is 6.40. The molecule has 2 N–H and O–H groups in total. The van der Waals surface area contributed by atoms with Gasteiger partial charge in [-0.1, -0.05) is 59.8 Å². The van der Waals surface area contributed by atoms with Gasteiger partial charge in [0.15, 0.2) is 0 Å². The number of rotatable bonds is 12. The summed E-state index contributed by atoms with van der Waals surface area (Å²) in [5.74, 6) is 0.676. The van der Waals surface area contributed by atoms with Crippen molar-refractivity contribution in [1.29, 1.82) is 0 Å². The Morgan fingerprint density at radius 2 is 1.90 bits per heavy atom. The number of aliphatic hydroxyl groups is 1. The predicted molar refractivity (Wildman–Crippen MR) is 124 cm³/mol. The Balaban J connectivity index is 2.98. The summed E-state index contributed by atoms with van der Waals surface area (Å²) in [6.45, 7) is 13.5. The average molecular weight is 427 g/mol. The van der Waals surface area contributed by atoms with Crippen LogP contribution in [0.5, 0.6) is 0 Å². The summed E-state index contributed by atoms with van der Waals surface area (Å²) in [6, 6.07) is 0. The summed E-state index contributed by atoms with van der Waals surface area (Å²) in [4.78, 5) is 11.2. The molecule has 3 unspecified atom stereocenters. The zero-order valence-electron chi connectivity index (χ0n) is 19.8. The standard InChI is InChI=1S/C24H46O4Si/c1-7-8-9-10-11-14-20(23(2,3)4)16-21(28-29(5)6)19-13-12-15-24(27,17-19)18-22(25)26/h16,19-20,27,29H,7-15,17-18H2,1-6H3,(H,25,26)/b21-16+. The van der Waals surface area contributed by atoms with Gasteiger partial charge in [-0.05, 0) is 62.6 Å². The summed E-state index contributed by atoms with van der Waals surface area (Å²) in [5, 5.41) is 20.1. The van der Waals surface area contributed by atoms with Crippen molar-refractivity contribution < 1.29 is 19.4 Å². The van der Waals surface area contributed by atoms with Crippen LogP contribution in [-0.2, 0) is 9.22 Å². The van der Waals surface area contributed by atoms with E-state index in [0.717, 1.165) is 25.0 Å². The lowest BCUT2D eigenvalue weighted by Crippen LogP contribution is -2.38. The highest BCUT2D eigenvalue weighted by molar-refractivity contribution is 6.48. The third kappa shape index (κ3) is 10.2. The minimum absolute atomic E-state index is 0.132. The Morgan fingerprint density at radius 1 is 1.24 bits per heavy atom. The summed E-state index contributed by atoms with van der Waals surface area (Å²) in [5.41, 5.74) is -0.947. The largest absolute Gasteiger partial charge is 0.550 e. The van der Waals surface area contributed by atoms with Crippen molar-refractivity contribution in [2.75, 3.05) is 0 Å². The fourth-order valence-corrected chi connectivity index (χ4v) is 5.32. The second-order valence-electron chi connectivity index (χ2n) is 10.5. The van der Waals surface area contributed by atoms with E-state index in [4.69, 9.17) is 4.43 Å². The van der Waals surface area contributed by atoms with Gasteiger partial charge in [0.05, 0.1) is 17.8 Å². The molecule has 0 aromatic carbocycles. The monoisotopic (exact) mass is 426 g/mol. The van der Waals surface area contributed by atoms with Crippen molar-refractivity contribution in [2.45, 2.75) is 117 Å². The topological polar surface area (TPSA) is 66.8 Å². The number of carboxylic acid groups (broad SMARTS) is 1. The fraction of sp³-hybridized carbons (Fsp3) is 0.875. The van der Waals surface area contributed by atoms with Gasteiger partial charge in [0.1, 0.15) is 0 Å². The molecule has 1 saturated carbocycles. The molecular formula is C24H46O4Si. The van der Waals surface area contributed by atoms with Gasteiger partial charge >= 0.3 is 5.97 Å². The molecule has 170 valence electrons. The molecule has 4 nitrogen and oxygen atoms in total. The quantitative estimate of drug-likeness (QED) is 0.219. The third-order valence-corrected chi connectivity index (χ3v) is 6.92. The molecule has 1 aliphatic rings. The molecule has 0 spiro atoms. The van der Waals surface area contributed by atoms with Gasteiger partial charge in [-0.25, -0.2) is 0 Å². The lowest BCUT2D eigenvalue weighted by atomic mass is 9.73. The van der Waals surface area contributed by atoms with Crippen molar-refractivity contribution in [3.8, 4) is 0 Å². The van der Waals surface area contributed by atoms with Gasteiger partial charge in [-0.2, -0.15) is 0 Å². The zero-order valence-corrected chi connectivity index (χ0v) is 21.0. The van der Waals surface area contributed by atoms with Gasteiger partial charge in [-0.15, -0.1) is 0 Å². The van der Waals surface area contributed by atoms with Crippen molar-refractivity contribution >= 4 is 15.0 Å². The van der Waals surface area contributed by atoms with E-state index in [1.54, 1.807) is 0 Å². The predicted octanol–water partition coefficient (Wildman–Crippen LogP) is 6.29. The van der Waals surface area contributed by atoms with E-state index in [1.807, 2.05) is 0 Å². The molecular weight excluding hydrogens is 380 g/mol. The van der Waals surface area contributed by atoms with Crippen LogP contribution in [0.25, 0.3) is 0 Å². The molecule has 0 aromatic rings. The maximum absolute atomic E-state index is 11.2. The molecule has 0 aromatic heterocycles. The normalized spacial score (nSPS) is 24.6. The molecule has 1 aliphatic carbocycles. The smallest absolute Gasteiger partial charge is 0.306 e. The number of carboxylic acids is 1. The highest BCUT2D eigenvalue weighted by Gasteiger charge is 2.38. The Kier molecular flexibility index (Phi) is 11.0. The number of unbranched alkanes of at least 4 members (excludes halogenated alkanes) is 4. The van der Waals surface area contributed by atoms with E-state index < -0.39 is 20.6 Å². The lowest BCUT2D eigenvalue weighted by molar-refractivity contribution is -0.144. The van der Waals surface area contributed by atoms with E-state index in [2.05, 4.69) is 46.9 Å². The molecule has 1 fully saturated rings. The summed E-state index contributed by atoms with van der Waals surface area (Å²) in [7, 11) is -1.29. The maximum atomic E-state index is 11.2. The number of hydrogen-bond acceptors (Lipinski definition) is 3. The van der Waals surface area contributed by atoms with Crippen LogP contribution in [0.1, 0.15) is 98.3 Å². The molecule has 0 amide bonds. The third-order valence-electron chi connectivity index (χ3n) is 6.17. The first-order valence-corrected chi connectivity index (χ1v) is 14.6. The van der Waals surface area contributed by atoms with Crippen LogP contribution < -0.4 is 0 Å². The molecule has 5 heteroatoms. The lowest BCUT2D eigenvalue weighted by Gasteiger charge is -2.38.